The number of nitro benzene ring substituents is 1. The van der Waals surface area contributed by atoms with E-state index in [0.29, 0.717) is 12.1 Å². The summed E-state index contributed by atoms with van der Waals surface area (Å²) in [5.41, 5.74) is 7.24. The number of carbonyl (C=O) groups excluding carboxylic acids is 1. The van der Waals surface area contributed by atoms with Crippen LogP contribution in [-0.2, 0) is 11.2 Å². The van der Waals surface area contributed by atoms with Crippen molar-refractivity contribution >= 4 is 28.8 Å². The molecule has 2 aromatic rings. The number of nitro groups is 1. The van der Waals surface area contributed by atoms with Gasteiger partial charge in [-0.1, -0.05) is 6.92 Å². The monoisotopic (exact) mass is 413 g/mol. The van der Waals surface area contributed by atoms with Crippen molar-refractivity contribution in [2.24, 2.45) is 0 Å². The molecule has 0 aliphatic carbocycles. The molecule has 1 aliphatic heterocycles. The normalized spacial score (nSPS) is 16.9. The van der Waals surface area contributed by atoms with Crippen LogP contribution in [0, 0.1) is 10.1 Å². The van der Waals surface area contributed by atoms with E-state index in [2.05, 4.69) is 25.5 Å². The molecule has 1 saturated heterocycles. The van der Waals surface area contributed by atoms with Crippen molar-refractivity contribution in [1.82, 2.24) is 15.3 Å². The average molecular weight is 413 g/mol. The Labute approximate surface area is 175 Å². The Balaban J connectivity index is 1.66. The topological polar surface area (TPSA) is 139 Å². The Bertz CT molecular complexity index is 921. The van der Waals surface area contributed by atoms with Gasteiger partial charge in [-0.15, -0.1) is 0 Å². The fraction of sp³-hybridized carbons (Fsp3) is 0.450. The highest BCUT2D eigenvalue weighted by Crippen LogP contribution is 2.26. The molecule has 2 heterocycles. The highest BCUT2D eigenvalue weighted by molar-refractivity contribution is 5.73. The van der Waals surface area contributed by atoms with Crippen molar-refractivity contribution in [3.8, 4) is 0 Å². The van der Waals surface area contributed by atoms with Crippen molar-refractivity contribution < 1.29 is 9.72 Å². The average Bonchev–Trinajstić information content (AvgIpc) is 3.16. The minimum atomic E-state index is -0.484. The number of nitrogens with one attached hydrogen (secondary N) is 2. The molecule has 0 radical (unpaired) electrons. The van der Waals surface area contributed by atoms with Crippen LogP contribution in [0.5, 0.6) is 0 Å². The van der Waals surface area contributed by atoms with Gasteiger partial charge >= 0.3 is 0 Å². The molecule has 1 aliphatic rings. The summed E-state index contributed by atoms with van der Waals surface area (Å²) in [6, 6.07) is 6.87. The fourth-order valence-electron chi connectivity index (χ4n) is 3.62. The Morgan fingerprint density at radius 3 is 2.90 bits per heavy atom. The lowest BCUT2D eigenvalue weighted by Gasteiger charge is -2.20. The van der Waals surface area contributed by atoms with Gasteiger partial charge in [-0.25, -0.2) is 9.97 Å². The van der Waals surface area contributed by atoms with Crippen LogP contribution >= 0.6 is 0 Å². The summed E-state index contributed by atoms with van der Waals surface area (Å²) < 4.78 is 0. The second-order valence-corrected chi connectivity index (χ2v) is 7.48. The van der Waals surface area contributed by atoms with Gasteiger partial charge in [0, 0.05) is 62.0 Å². The van der Waals surface area contributed by atoms with E-state index < -0.39 is 4.92 Å². The molecule has 1 amide bonds. The number of nitrogens with two attached hydrogens (primary N) is 1. The van der Waals surface area contributed by atoms with E-state index in [1.807, 2.05) is 13.0 Å². The number of nitrogens with zero attached hydrogens (tertiary/aromatic N) is 4. The molecule has 0 spiro atoms. The molecule has 10 heteroatoms. The van der Waals surface area contributed by atoms with Crippen LogP contribution < -0.4 is 21.3 Å². The van der Waals surface area contributed by atoms with Crippen LogP contribution in [0.25, 0.3) is 0 Å². The highest BCUT2D eigenvalue weighted by atomic mass is 16.6. The van der Waals surface area contributed by atoms with Crippen LogP contribution in [0.3, 0.4) is 0 Å². The smallest absolute Gasteiger partial charge is 0.294 e. The molecule has 3 rings (SSSR count). The van der Waals surface area contributed by atoms with Gasteiger partial charge in [0.05, 0.1) is 4.92 Å². The SMILES string of the molecule is CCC(Cc1cc(N2CCC(NC(C)=O)C2)ncn1)Nc1ccc(N)c([N+](=O)[O-])c1. The lowest BCUT2D eigenvalue weighted by atomic mass is 10.1. The first-order valence-electron chi connectivity index (χ1n) is 9.99. The minimum Gasteiger partial charge on any atom is -0.393 e. The zero-order chi connectivity index (χ0) is 21.7. The molecule has 30 heavy (non-hydrogen) atoms. The number of carbonyl (C=O) groups is 1. The maximum atomic E-state index is 11.3. The predicted octanol–water partition coefficient (Wildman–Crippen LogP) is 2.11. The van der Waals surface area contributed by atoms with Gasteiger partial charge in [0.2, 0.25) is 5.91 Å². The quantitative estimate of drug-likeness (QED) is 0.340. The van der Waals surface area contributed by atoms with Gasteiger partial charge in [0.25, 0.3) is 5.69 Å². The molecule has 0 bridgehead atoms. The minimum absolute atomic E-state index is 0.0232. The Hall–Kier alpha value is -3.43. The van der Waals surface area contributed by atoms with Crippen LogP contribution in [0.1, 0.15) is 32.4 Å². The molecule has 10 nitrogen and oxygen atoms in total. The Morgan fingerprint density at radius 1 is 1.40 bits per heavy atom. The standard InChI is InChI=1S/C20H27N7O3/c1-3-14(25-15-4-5-18(21)19(9-15)27(29)30)8-17-10-20(23-12-22-17)26-7-6-16(11-26)24-13(2)28/h4-5,9-10,12,14,16,25H,3,6-8,11,21H2,1-2H3,(H,24,28). The van der Waals surface area contributed by atoms with Gasteiger partial charge in [-0.05, 0) is 25.0 Å². The third-order valence-electron chi connectivity index (χ3n) is 5.18. The van der Waals surface area contributed by atoms with Gasteiger partial charge < -0.3 is 21.3 Å². The van der Waals surface area contributed by atoms with Gasteiger partial charge in [0.15, 0.2) is 0 Å². The number of hydrogen-bond acceptors (Lipinski definition) is 8. The lowest BCUT2D eigenvalue weighted by molar-refractivity contribution is -0.383. The summed E-state index contributed by atoms with van der Waals surface area (Å²) in [4.78, 5) is 32.8. The first-order chi connectivity index (χ1) is 14.4. The molecule has 1 fully saturated rings. The van der Waals surface area contributed by atoms with E-state index in [4.69, 9.17) is 5.73 Å². The van der Waals surface area contributed by atoms with E-state index in [1.165, 1.54) is 19.1 Å². The van der Waals surface area contributed by atoms with Crippen molar-refractivity contribution in [1.29, 1.82) is 0 Å². The molecular weight excluding hydrogens is 386 g/mol. The van der Waals surface area contributed by atoms with E-state index in [1.54, 1.807) is 12.4 Å². The summed E-state index contributed by atoms with van der Waals surface area (Å²) in [7, 11) is 0. The van der Waals surface area contributed by atoms with Crippen LogP contribution in [0.15, 0.2) is 30.6 Å². The van der Waals surface area contributed by atoms with E-state index in [-0.39, 0.29) is 29.4 Å². The van der Waals surface area contributed by atoms with Gasteiger partial charge in [-0.3, -0.25) is 14.9 Å². The number of anilines is 3. The van der Waals surface area contributed by atoms with E-state index in [9.17, 15) is 14.9 Å². The second kappa shape index (κ2) is 9.38. The number of aromatic nitrogens is 2. The highest BCUT2D eigenvalue weighted by Gasteiger charge is 2.24. The molecule has 1 aromatic heterocycles. The summed E-state index contributed by atoms with van der Waals surface area (Å²) in [5.74, 6) is 0.816. The van der Waals surface area contributed by atoms with Crippen molar-refractivity contribution in [3.63, 3.8) is 0 Å². The summed E-state index contributed by atoms with van der Waals surface area (Å²) in [6.07, 6.45) is 3.89. The largest absolute Gasteiger partial charge is 0.393 e. The van der Waals surface area contributed by atoms with Gasteiger partial charge in [0.1, 0.15) is 17.8 Å². The lowest BCUT2D eigenvalue weighted by Crippen LogP contribution is -2.35. The summed E-state index contributed by atoms with van der Waals surface area (Å²) in [6.45, 7) is 5.12. The third kappa shape index (κ3) is 5.34. The van der Waals surface area contributed by atoms with Gasteiger partial charge in [-0.2, -0.15) is 0 Å². The van der Waals surface area contributed by atoms with E-state index >= 15 is 0 Å². The van der Waals surface area contributed by atoms with Crippen molar-refractivity contribution in [3.05, 3.63) is 46.4 Å². The number of rotatable bonds is 8. The molecular formula is C20H27N7O3. The Morgan fingerprint density at radius 2 is 2.20 bits per heavy atom. The first-order valence-corrected chi connectivity index (χ1v) is 9.99. The maximum Gasteiger partial charge on any atom is 0.294 e. The zero-order valence-corrected chi connectivity index (χ0v) is 17.2. The molecule has 160 valence electrons. The van der Waals surface area contributed by atoms with Crippen LogP contribution in [0.2, 0.25) is 0 Å². The maximum absolute atomic E-state index is 11.3. The molecule has 1 aromatic carbocycles. The molecule has 2 atom stereocenters. The number of hydrogen-bond donors (Lipinski definition) is 3. The Kier molecular flexibility index (Phi) is 6.65. The zero-order valence-electron chi connectivity index (χ0n) is 17.2. The summed E-state index contributed by atoms with van der Waals surface area (Å²) in [5, 5.41) is 17.4. The number of amides is 1. The van der Waals surface area contributed by atoms with Crippen LogP contribution in [0.4, 0.5) is 22.9 Å². The third-order valence-corrected chi connectivity index (χ3v) is 5.18. The second-order valence-electron chi connectivity index (χ2n) is 7.48. The molecule has 2 unspecified atom stereocenters. The fourth-order valence-corrected chi connectivity index (χ4v) is 3.62. The van der Waals surface area contributed by atoms with Crippen LogP contribution in [-0.4, -0.2) is 46.0 Å². The predicted molar refractivity (Wildman–Crippen MR) is 115 cm³/mol. The van der Waals surface area contributed by atoms with E-state index in [0.717, 1.165) is 37.4 Å². The first kappa shape index (κ1) is 21.3. The number of benzene rings is 1. The molecule has 0 saturated carbocycles. The summed E-state index contributed by atoms with van der Waals surface area (Å²) >= 11 is 0. The molecule has 4 N–H and O–H groups in total. The van der Waals surface area contributed by atoms with Crippen molar-refractivity contribution in [2.45, 2.75) is 45.2 Å². The number of nitrogen functional groups attached to an aromatic ring is 1. The van der Waals surface area contributed by atoms with Crippen molar-refractivity contribution in [2.75, 3.05) is 29.0 Å².